The number of hydrogen-bond donors (Lipinski definition) is 1. The molecule has 0 spiro atoms. The summed E-state index contributed by atoms with van der Waals surface area (Å²) in [6.45, 7) is 3.78. The van der Waals surface area contributed by atoms with Crippen molar-refractivity contribution in [1.82, 2.24) is 0 Å². The Balaban J connectivity index is 2.82. The number of benzene rings is 1. The third kappa shape index (κ3) is 1.94. The molecule has 0 aliphatic carbocycles. The largest absolute Gasteiger partial charge is 0.497 e. The van der Waals surface area contributed by atoms with Crippen molar-refractivity contribution in [2.75, 3.05) is 7.11 Å². The number of ether oxygens (including phenoxy) is 1. The van der Waals surface area contributed by atoms with Crippen molar-refractivity contribution in [3.63, 3.8) is 0 Å². The van der Waals surface area contributed by atoms with Gasteiger partial charge in [-0.2, -0.15) is 0 Å². The van der Waals surface area contributed by atoms with Gasteiger partial charge < -0.3 is 14.3 Å². The minimum atomic E-state index is -0.290. The van der Waals surface area contributed by atoms with E-state index in [4.69, 9.17) is 9.15 Å². The SMILES string of the molecule is CCCc1c(O)oc2cc(OC)cc(C)c2c1=O. The maximum Gasteiger partial charge on any atom is 0.289 e. The second-order valence-corrected chi connectivity index (χ2v) is 4.28. The van der Waals surface area contributed by atoms with Crippen molar-refractivity contribution in [1.29, 1.82) is 0 Å². The molecule has 1 N–H and O–H groups in total. The molecule has 96 valence electrons. The number of fused-ring (bicyclic) bond motifs is 1. The van der Waals surface area contributed by atoms with Crippen LogP contribution < -0.4 is 10.2 Å². The van der Waals surface area contributed by atoms with Crippen LogP contribution in [0.15, 0.2) is 21.3 Å². The summed E-state index contributed by atoms with van der Waals surface area (Å²) >= 11 is 0. The van der Waals surface area contributed by atoms with E-state index in [1.54, 1.807) is 19.2 Å². The van der Waals surface area contributed by atoms with Crippen LogP contribution in [0.2, 0.25) is 0 Å². The van der Waals surface area contributed by atoms with Gasteiger partial charge in [-0.1, -0.05) is 13.3 Å². The van der Waals surface area contributed by atoms with Gasteiger partial charge >= 0.3 is 0 Å². The van der Waals surface area contributed by atoms with Crippen LogP contribution >= 0.6 is 0 Å². The molecule has 2 aromatic rings. The lowest BCUT2D eigenvalue weighted by Crippen LogP contribution is -2.10. The van der Waals surface area contributed by atoms with Crippen LogP contribution in [-0.2, 0) is 6.42 Å². The summed E-state index contributed by atoms with van der Waals surface area (Å²) in [6, 6.07) is 3.39. The molecule has 0 unspecified atom stereocenters. The summed E-state index contributed by atoms with van der Waals surface area (Å²) in [6.07, 6.45) is 1.29. The van der Waals surface area contributed by atoms with E-state index in [1.165, 1.54) is 0 Å². The predicted octanol–water partition coefficient (Wildman–Crippen LogP) is 2.77. The molecule has 0 bridgehead atoms. The van der Waals surface area contributed by atoms with E-state index in [9.17, 15) is 9.90 Å². The van der Waals surface area contributed by atoms with Gasteiger partial charge in [-0.3, -0.25) is 4.79 Å². The molecule has 18 heavy (non-hydrogen) atoms. The van der Waals surface area contributed by atoms with Crippen LogP contribution in [0.25, 0.3) is 11.0 Å². The van der Waals surface area contributed by atoms with Gasteiger partial charge in [0.1, 0.15) is 11.3 Å². The van der Waals surface area contributed by atoms with E-state index in [0.29, 0.717) is 28.7 Å². The van der Waals surface area contributed by atoms with Crippen LogP contribution in [0.4, 0.5) is 0 Å². The summed E-state index contributed by atoms with van der Waals surface area (Å²) in [7, 11) is 1.55. The van der Waals surface area contributed by atoms with Crippen molar-refractivity contribution in [2.24, 2.45) is 0 Å². The Hall–Kier alpha value is -1.97. The average Bonchev–Trinajstić information content (AvgIpc) is 2.33. The van der Waals surface area contributed by atoms with Gasteiger partial charge in [0, 0.05) is 6.07 Å². The fourth-order valence-electron chi connectivity index (χ4n) is 2.10. The molecule has 0 fully saturated rings. The molecule has 0 aliphatic rings. The van der Waals surface area contributed by atoms with Gasteiger partial charge in [0.25, 0.3) is 5.95 Å². The molecule has 0 radical (unpaired) electrons. The lowest BCUT2D eigenvalue weighted by atomic mass is 10.1. The summed E-state index contributed by atoms with van der Waals surface area (Å²) in [5.74, 6) is 0.313. The zero-order valence-corrected chi connectivity index (χ0v) is 10.7. The Kier molecular flexibility index (Phi) is 3.28. The topological polar surface area (TPSA) is 59.7 Å². The maximum absolute atomic E-state index is 12.3. The zero-order valence-electron chi connectivity index (χ0n) is 10.7. The second kappa shape index (κ2) is 4.72. The Morgan fingerprint density at radius 3 is 2.72 bits per heavy atom. The minimum absolute atomic E-state index is 0.157. The van der Waals surface area contributed by atoms with Crippen LogP contribution in [0.5, 0.6) is 11.7 Å². The highest BCUT2D eigenvalue weighted by Crippen LogP contribution is 2.27. The Bertz CT molecular complexity index is 640. The molecular weight excluding hydrogens is 232 g/mol. The normalized spacial score (nSPS) is 10.8. The number of hydrogen-bond acceptors (Lipinski definition) is 4. The van der Waals surface area contributed by atoms with Crippen LogP contribution in [0, 0.1) is 6.92 Å². The fourth-order valence-corrected chi connectivity index (χ4v) is 2.10. The number of aromatic hydroxyl groups is 1. The van der Waals surface area contributed by atoms with Crippen molar-refractivity contribution >= 4 is 11.0 Å². The highest BCUT2D eigenvalue weighted by atomic mass is 16.5. The van der Waals surface area contributed by atoms with Crippen LogP contribution in [-0.4, -0.2) is 12.2 Å². The third-order valence-electron chi connectivity index (χ3n) is 2.97. The standard InChI is InChI=1S/C14H16O4/c1-4-5-10-13(15)12-8(2)6-9(17-3)7-11(12)18-14(10)16/h6-7,16H,4-5H2,1-3H3. The maximum atomic E-state index is 12.3. The number of rotatable bonds is 3. The van der Waals surface area contributed by atoms with E-state index in [0.717, 1.165) is 12.0 Å². The first-order chi connectivity index (χ1) is 8.58. The first-order valence-corrected chi connectivity index (χ1v) is 5.91. The van der Waals surface area contributed by atoms with E-state index in [1.807, 2.05) is 13.8 Å². The van der Waals surface area contributed by atoms with Crippen molar-refractivity contribution in [2.45, 2.75) is 26.7 Å². The molecule has 0 atom stereocenters. The summed E-state index contributed by atoms with van der Waals surface area (Å²) < 4.78 is 10.4. The molecule has 0 amide bonds. The summed E-state index contributed by atoms with van der Waals surface area (Å²) in [5.41, 5.74) is 1.33. The molecule has 1 heterocycles. The van der Waals surface area contributed by atoms with Crippen LogP contribution in [0.3, 0.4) is 0 Å². The summed E-state index contributed by atoms with van der Waals surface area (Å²) in [4.78, 5) is 12.3. The fraction of sp³-hybridized carbons (Fsp3) is 0.357. The molecule has 4 nitrogen and oxygen atoms in total. The Morgan fingerprint density at radius 1 is 1.39 bits per heavy atom. The van der Waals surface area contributed by atoms with Gasteiger partial charge in [-0.05, 0) is 25.0 Å². The number of aryl methyl sites for hydroxylation is 1. The van der Waals surface area contributed by atoms with E-state index < -0.39 is 0 Å². The Labute approximate surface area is 105 Å². The van der Waals surface area contributed by atoms with Gasteiger partial charge in [0.05, 0.1) is 18.1 Å². The van der Waals surface area contributed by atoms with Crippen molar-refractivity contribution in [3.8, 4) is 11.7 Å². The lowest BCUT2D eigenvalue weighted by molar-refractivity contribution is 0.331. The van der Waals surface area contributed by atoms with E-state index in [-0.39, 0.29) is 11.4 Å². The molecule has 0 saturated heterocycles. The average molecular weight is 248 g/mol. The number of methoxy groups -OCH3 is 1. The lowest BCUT2D eigenvalue weighted by Gasteiger charge is -2.08. The first-order valence-electron chi connectivity index (χ1n) is 5.91. The van der Waals surface area contributed by atoms with Crippen molar-refractivity contribution in [3.05, 3.63) is 33.5 Å². The Morgan fingerprint density at radius 2 is 2.11 bits per heavy atom. The molecule has 0 saturated carbocycles. The first kappa shape index (κ1) is 12.5. The van der Waals surface area contributed by atoms with Crippen LogP contribution in [0.1, 0.15) is 24.5 Å². The van der Waals surface area contributed by atoms with Gasteiger partial charge in [0.2, 0.25) is 0 Å². The van der Waals surface area contributed by atoms with Gasteiger partial charge in [-0.25, -0.2) is 0 Å². The highest BCUT2D eigenvalue weighted by molar-refractivity contribution is 5.82. The highest BCUT2D eigenvalue weighted by Gasteiger charge is 2.15. The molecule has 0 aliphatic heterocycles. The molecule has 1 aromatic heterocycles. The van der Waals surface area contributed by atoms with Gasteiger partial charge in [-0.15, -0.1) is 0 Å². The zero-order chi connectivity index (χ0) is 13.3. The molecule has 2 rings (SSSR count). The second-order valence-electron chi connectivity index (χ2n) is 4.28. The predicted molar refractivity (Wildman–Crippen MR) is 69.4 cm³/mol. The van der Waals surface area contributed by atoms with Crippen molar-refractivity contribution < 1.29 is 14.3 Å². The van der Waals surface area contributed by atoms with E-state index in [2.05, 4.69) is 0 Å². The van der Waals surface area contributed by atoms with Gasteiger partial charge in [0.15, 0.2) is 5.43 Å². The smallest absolute Gasteiger partial charge is 0.289 e. The molecular formula is C14H16O4. The summed E-state index contributed by atoms with van der Waals surface area (Å²) in [5, 5.41) is 10.3. The third-order valence-corrected chi connectivity index (χ3v) is 2.97. The minimum Gasteiger partial charge on any atom is -0.497 e. The molecule has 4 heteroatoms. The van der Waals surface area contributed by atoms with E-state index >= 15 is 0 Å². The molecule has 1 aromatic carbocycles. The quantitative estimate of drug-likeness (QED) is 0.907. The monoisotopic (exact) mass is 248 g/mol.